The third-order valence-electron chi connectivity index (χ3n) is 3.62. The molecule has 1 aliphatic rings. The van der Waals surface area contributed by atoms with E-state index in [1.807, 2.05) is 0 Å². The van der Waals surface area contributed by atoms with E-state index in [1.165, 1.54) is 25.7 Å². The van der Waals surface area contributed by atoms with Gasteiger partial charge in [0.15, 0.2) is 0 Å². The molecule has 0 bridgehead atoms. The van der Waals surface area contributed by atoms with E-state index in [9.17, 15) is 0 Å². The number of hydrogen-bond acceptors (Lipinski definition) is 2. The van der Waals surface area contributed by atoms with Crippen LogP contribution in [-0.4, -0.2) is 6.04 Å². The van der Waals surface area contributed by atoms with Crippen molar-refractivity contribution in [3.8, 4) is 0 Å². The predicted molar refractivity (Wildman–Crippen MR) is 70.6 cm³/mol. The summed E-state index contributed by atoms with van der Waals surface area (Å²) in [6.45, 7) is 4.40. The van der Waals surface area contributed by atoms with E-state index in [-0.39, 0.29) is 0 Å². The van der Waals surface area contributed by atoms with E-state index in [1.54, 1.807) is 0 Å². The smallest absolute Gasteiger partial charge is 0.0579 e. The highest BCUT2D eigenvalue weighted by Gasteiger charge is 2.19. The molecule has 1 aliphatic carbocycles. The molecular weight excluding hydrogens is 196 g/mol. The lowest BCUT2D eigenvalue weighted by molar-refractivity contribution is 0.359. The van der Waals surface area contributed by atoms with Gasteiger partial charge in [-0.15, -0.1) is 0 Å². The zero-order chi connectivity index (χ0) is 11.5. The molecule has 2 unspecified atom stereocenters. The van der Waals surface area contributed by atoms with Gasteiger partial charge in [0.1, 0.15) is 0 Å². The first-order chi connectivity index (χ1) is 7.66. The largest absolute Gasteiger partial charge is 0.397 e. The minimum Gasteiger partial charge on any atom is -0.397 e. The Morgan fingerprint density at radius 2 is 2.12 bits per heavy atom. The van der Waals surface area contributed by atoms with E-state index in [4.69, 9.17) is 5.73 Å². The first-order valence-corrected chi connectivity index (χ1v) is 6.28. The van der Waals surface area contributed by atoms with E-state index in [0.717, 1.165) is 22.9 Å². The molecule has 16 heavy (non-hydrogen) atoms. The summed E-state index contributed by atoms with van der Waals surface area (Å²) in [5.74, 6) is 0.845. The second-order valence-corrected chi connectivity index (χ2v) is 5.15. The lowest BCUT2D eigenvalue weighted by atomic mass is 9.87. The summed E-state index contributed by atoms with van der Waals surface area (Å²) < 4.78 is 0. The molecule has 2 atom stereocenters. The number of aryl methyl sites for hydroxylation is 1. The van der Waals surface area contributed by atoms with Crippen LogP contribution in [0.2, 0.25) is 0 Å². The van der Waals surface area contributed by atoms with Crippen molar-refractivity contribution in [3.05, 3.63) is 23.8 Å². The summed E-state index contributed by atoms with van der Waals surface area (Å²) in [6, 6.07) is 6.82. The molecule has 1 aromatic carbocycles. The van der Waals surface area contributed by atoms with Gasteiger partial charge in [-0.3, -0.25) is 0 Å². The Kier molecular flexibility index (Phi) is 3.37. The summed E-state index contributed by atoms with van der Waals surface area (Å²) in [5.41, 5.74) is 9.25. The van der Waals surface area contributed by atoms with Gasteiger partial charge >= 0.3 is 0 Å². The number of nitrogens with two attached hydrogens (primary N) is 1. The first kappa shape index (κ1) is 11.3. The number of para-hydroxylation sites is 1. The van der Waals surface area contributed by atoms with E-state index < -0.39 is 0 Å². The second kappa shape index (κ2) is 4.77. The maximum Gasteiger partial charge on any atom is 0.0579 e. The first-order valence-electron chi connectivity index (χ1n) is 6.28. The molecule has 1 fully saturated rings. The zero-order valence-corrected chi connectivity index (χ0v) is 10.3. The van der Waals surface area contributed by atoms with Crippen molar-refractivity contribution in [2.24, 2.45) is 5.92 Å². The van der Waals surface area contributed by atoms with Gasteiger partial charge in [0.25, 0.3) is 0 Å². The molecule has 88 valence electrons. The number of rotatable bonds is 2. The predicted octanol–water partition coefficient (Wildman–Crippen LogP) is 3.57. The fraction of sp³-hybridized carbons (Fsp3) is 0.571. The number of nitrogens with one attached hydrogen (secondary N) is 1. The van der Waals surface area contributed by atoms with Crippen molar-refractivity contribution in [1.29, 1.82) is 0 Å². The van der Waals surface area contributed by atoms with Gasteiger partial charge < -0.3 is 11.1 Å². The molecule has 0 heterocycles. The second-order valence-electron chi connectivity index (χ2n) is 5.15. The topological polar surface area (TPSA) is 38.0 Å². The van der Waals surface area contributed by atoms with Gasteiger partial charge in [-0.2, -0.15) is 0 Å². The van der Waals surface area contributed by atoms with Crippen LogP contribution in [0.25, 0.3) is 0 Å². The molecule has 2 rings (SSSR count). The Morgan fingerprint density at radius 1 is 1.31 bits per heavy atom. The van der Waals surface area contributed by atoms with Gasteiger partial charge in [-0.25, -0.2) is 0 Å². The Morgan fingerprint density at radius 3 is 2.88 bits per heavy atom. The molecule has 1 aromatic rings. The maximum absolute atomic E-state index is 6.07. The van der Waals surface area contributed by atoms with Gasteiger partial charge in [0.2, 0.25) is 0 Å². The highest BCUT2D eigenvalue weighted by molar-refractivity contribution is 5.69. The van der Waals surface area contributed by atoms with Crippen LogP contribution in [-0.2, 0) is 0 Å². The average molecular weight is 218 g/mol. The standard InChI is InChI=1S/C14H22N2/c1-10-5-3-7-12(9-10)16-13-8-4-6-11(2)14(13)15/h4,6,8,10,12,16H,3,5,7,9,15H2,1-2H3. The van der Waals surface area contributed by atoms with Gasteiger partial charge in [-0.05, 0) is 37.3 Å². The van der Waals surface area contributed by atoms with Crippen molar-refractivity contribution in [3.63, 3.8) is 0 Å². The highest BCUT2D eigenvalue weighted by atomic mass is 14.9. The molecule has 3 N–H and O–H groups in total. The van der Waals surface area contributed by atoms with E-state index in [0.29, 0.717) is 6.04 Å². The SMILES string of the molecule is Cc1cccc(NC2CCCC(C)C2)c1N. The monoisotopic (exact) mass is 218 g/mol. The van der Waals surface area contributed by atoms with E-state index >= 15 is 0 Å². The summed E-state index contributed by atoms with van der Waals surface area (Å²) in [7, 11) is 0. The van der Waals surface area contributed by atoms with Crippen LogP contribution in [0.3, 0.4) is 0 Å². The molecule has 0 saturated heterocycles. The van der Waals surface area contributed by atoms with Crippen LogP contribution < -0.4 is 11.1 Å². The Balaban J connectivity index is 2.05. The lowest BCUT2D eigenvalue weighted by Gasteiger charge is -2.29. The van der Waals surface area contributed by atoms with Gasteiger partial charge in [-0.1, -0.05) is 31.9 Å². The normalized spacial score (nSPS) is 25.4. The molecule has 0 spiro atoms. The summed E-state index contributed by atoms with van der Waals surface area (Å²) in [6.07, 6.45) is 5.26. The van der Waals surface area contributed by atoms with Gasteiger partial charge in [0.05, 0.1) is 11.4 Å². The Bertz CT molecular complexity index is 360. The van der Waals surface area contributed by atoms with Crippen molar-refractivity contribution >= 4 is 11.4 Å². The fourth-order valence-electron chi connectivity index (χ4n) is 2.59. The van der Waals surface area contributed by atoms with Crippen molar-refractivity contribution in [2.45, 2.75) is 45.6 Å². The van der Waals surface area contributed by atoms with Crippen LogP contribution in [0.1, 0.15) is 38.2 Å². The molecule has 1 saturated carbocycles. The van der Waals surface area contributed by atoms with E-state index in [2.05, 4.69) is 37.4 Å². The van der Waals surface area contributed by atoms with Crippen LogP contribution in [0.5, 0.6) is 0 Å². The zero-order valence-electron chi connectivity index (χ0n) is 10.3. The molecule has 0 radical (unpaired) electrons. The summed E-state index contributed by atoms with van der Waals surface area (Å²) >= 11 is 0. The van der Waals surface area contributed by atoms with Crippen molar-refractivity contribution in [2.75, 3.05) is 11.1 Å². The van der Waals surface area contributed by atoms with Crippen LogP contribution in [0.4, 0.5) is 11.4 Å². The number of nitrogen functional groups attached to an aromatic ring is 1. The molecule has 2 heteroatoms. The van der Waals surface area contributed by atoms with Crippen molar-refractivity contribution in [1.82, 2.24) is 0 Å². The van der Waals surface area contributed by atoms with Gasteiger partial charge in [0, 0.05) is 6.04 Å². The fourth-order valence-corrected chi connectivity index (χ4v) is 2.59. The van der Waals surface area contributed by atoms with Crippen molar-refractivity contribution < 1.29 is 0 Å². The minimum atomic E-state index is 0.604. The summed E-state index contributed by atoms with van der Waals surface area (Å²) in [5, 5.41) is 3.60. The third-order valence-corrected chi connectivity index (χ3v) is 3.62. The Labute approximate surface area is 98.2 Å². The van der Waals surface area contributed by atoms with Crippen LogP contribution in [0, 0.1) is 12.8 Å². The number of hydrogen-bond donors (Lipinski definition) is 2. The van der Waals surface area contributed by atoms with Crippen LogP contribution in [0.15, 0.2) is 18.2 Å². The molecule has 0 aliphatic heterocycles. The third kappa shape index (κ3) is 2.49. The maximum atomic E-state index is 6.07. The minimum absolute atomic E-state index is 0.604. The molecule has 0 amide bonds. The number of benzene rings is 1. The molecule has 0 aromatic heterocycles. The quantitative estimate of drug-likeness (QED) is 0.745. The lowest BCUT2D eigenvalue weighted by Crippen LogP contribution is -2.26. The van der Waals surface area contributed by atoms with Crippen LogP contribution >= 0.6 is 0 Å². The Hall–Kier alpha value is -1.18. The summed E-state index contributed by atoms with van der Waals surface area (Å²) in [4.78, 5) is 0. The number of anilines is 2. The highest BCUT2D eigenvalue weighted by Crippen LogP contribution is 2.29. The average Bonchev–Trinajstić information content (AvgIpc) is 2.25. The molecular formula is C14H22N2. The molecule has 2 nitrogen and oxygen atoms in total.